The molecule has 0 saturated heterocycles. The highest BCUT2D eigenvalue weighted by Crippen LogP contribution is 2.27. The molecule has 0 aromatic heterocycles. The number of hydrogen-bond acceptors (Lipinski definition) is 6. The van der Waals surface area contributed by atoms with Crippen molar-refractivity contribution in [3.8, 4) is 11.5 Å². The number of carbonyl (C=O) groups excluding carboxylic acids is 2. The van der Waals surface area contributed by atoms with Gasteiger partial charge in [0.15, 0.2) is 0 Å². The Kier molecular flexibility index (Phi) is 11.4. The third-order valence-electron chi connectivity index (χ3n) is 6.81. The summed E-state index contributed by atoms with van der Waals surface area (Å²) in [5.74, 6) is 0.569. The molecule has 1 N–H and O–H groups in total. The van der Waals surface area contributed by atoms with E-state index in [1.54, 1.807) is 55.6 Å². The molecule has 226 valence electrons. The van der Waals surface area contributed by atoms with Gasteiger partial charge >= 0.3 is 0 Å². The van der Waals surface area contributed by atoms with Crippen LogP contribution in [-0.4, -0.2) is 58.5 Å². The van der Waals surface area contributed by atoms with E-state index in [0.29, 0.717) is 30.2 Å². The van der Waals surface area contributed by atoms with Crippen LogP contribution in [0.4, 0.5) is 5.69 Å². The third kappa shape index (κ3) is 8.25. The molecule has 0 aliphatic rings. The standard InChI is InChI=1S/C32H41N3O6S/c1-7-30(32(37)33-20-23(2)3)34(21-25-9-8-10-28(19-25)41-6)31(36)22-35(26-13-15-27(40-5)16-14-26)42(38,39)29-17-11-24(4)12-18-29/h8-19,23,30H,7,20-22H2,1-6H3,(H,33,37). The number of hydrogen-bond donors (Lipinski definition) is 1. The van der Waals surface area contributed by atoms with Crippen LogP contribution in [0.1, 0.15) is 38.3 Å². The van der Waals surface area contributed by atoms with Crippen LogP contribution in [-0.2, 0) is 26.2 Å². The summed E-state index contributed by atoms with van der Waals surface area (Å²) in [6.45, 7) is 7.70. The minimum atomic E-state index is -4.15. The second-order valence-electron chi connectivity index (χ2n) is 10.5. The van der Waals surface area contributed by atoms with Crippen LogP contribution in [0.3, 0.4) is 0 Å². The molecule has 0 saturated carbocycles. The maximum atomic E-state index is 14.2. The van der Waals surface area contributed by atoms with Crippen molar-refractivity contribution in [2.24, 2.45) is 5.92 Å². The summed E-state index contributed by atoms with van der Waals surface area (Å²) in [6, 6.07) is 19.3. The van der Waals surface area contributed by atoms with Gasteiger partial charge in [-0.05, 0) is 73.4 Å². The number of anilines is 1. The van der Waals surface area contributed by atoms with Gasteiger partial charge in [0, 0.05) is 13.1 Å². The van der Waals surface area contributed by atoms with Crippen molar-refractivity contribution in [3.63, 3.8) is 0 Å². The Morgan fingerprint density at radius 3 is 2.12 bits per heavy atom. The molecule has 0 heterocycles. The molecule has 1 unspecified atom stereocenters. The number of benzene rings is 3. The molecule has 3 rings (SSSR count). The van der Waals surface area contributed by atoms with Crippen LogP contribution in [0.15, 0.2) is 77.7 Å². The predicted molar refractivity (Wildman–Crippen MR) is 164 cm³/mol. The summed E-state index contributed by atoms with van der Waals surface area (Å²) in [6.07, 6.45) is 0.340. The van der Waals surface area contributed by atoms with Gasteiger partial charge in [0.05, 0.1) is 24.8 Å². The van der Waals surface area contributed by atoms with E-state index in [4.69, 9.17) is 9.47 Å². The number of ether oxygens (including phenoxy) is 2. The van der Waals surface area contributed by atoms with Gasteiger partial charge in [0.1, 0.15) is 24.1 Å². The van der Waals surface area contributed by atoms with E-state index in [1.807, 2.05) is 39.8 Å². The number of rotatable bonds is 14. The van der Waals surface area contributed by atoms with Gasteiger partial charge in [-0.1, -0.05) is 50.6 Å². The minimum Gasteiger partial charge on any atom is -0.497 e. The largest absolute Gasteiger partial charge is 0.497 e. The van der Waals surface area contributed by atoms with E-state index in [9.17, 15) is 18.0 Å². The zero-order chi connectivity index (χ0) is 30.9. The fourth-order valence-corrected chi connectivity index (χ4v) is 5.84. The van der Waals surface area contributed by atoms with Crippen LogP contribution in [0.5, 0.6) is 11.5 Å². The highest BCUT2D eigenvalue weighted by molar-refractivity contribution is 7.92. The first-order chi connectivity index (χ1) is 20.0. The smallest absolute Gasteiger partial charge is 0.264 e. The topological polar surface area (TPSA) is 105 Å². The van der Waals surface area contributed by atoms with Crippen molar-refractivity contribution in [1.82, 2.24) is 10.2 Å². The summed E-state index contributed by atoms with van der Waals surface area (Å²) in [7, 11) is -1.08. The molecule has 0 fully saturated rings. The average molecular weight is 596 g/mol. The molecule has 0 aliphatic heterocycles. The maximum Gasteiger partial charge on any atom is 0.264 e. The summed E-state index contributed by atoms with van der Waals surface area (Å²) < 4.78 is 39.6. The molecule has 0 bridgehead atoms. The Balaban J connectivity index is 2.06. The number of carbonyl (C=O) groups is 2. The summed E-state index contributed by atoms with van der Waals surface area (Å²) in [5, 5.41) is 2.93. The van der Waals surface area contributed by atoms with E-state index in [0.717, 1.165) is 15.4 Å². The van der Waals surface area contributed by atoms with Crippen LogP contribution in [0.25, 0.3) is 0 Å². The van der Waals surface area contributed by atoms with Crippen molar-refractivity contribution in [3.05, 3.63) is 83.9 Å². The Bertz CT molecular complexity index is 1440. The fourth-order valence-electron chi connectivity index (χ4n) is 4.42. The lowest BCUT2D eigenvalue weighted by atomic mass is 10.1. The van der Waals surface area contributed by atoms with Gasteiger partial charge in [-0.2, -0.15) is 0 Å². The molecule has 0 aliphatic carbocycles. The Morgan fingerprint density at radius 1 is 0.905 bits per heavy atom. The highest BCUT2D eigenvalue weighted by Gasteiger charge is 2.33. The van der Waals surface area contributed by atoms with E-state index in [1.165, 1.54) is 24.1 Å². The van der Waals surface area contributed by atoms with Gasteiger partial charge in [-0.25, -0.2) is 8.42 Å². The number of amides is 2. The van der Waals surface area contributed by atoms with Crippen molar-refractivity contribution in [2.45, 2.75) is 51.6 Å². The number of nitrogens with zero attached hydrogens (tertiary/aromatic N) is 2. The second kappa shape index (κ2) is 14.7. The summed E-state index contributed by atoms with van der Waals surface area (Å²) in [4.78, 5) is 29.0. The highest BCUT2D eigenvalue weighted by atomic mass is 32.2. The van der Waals surface area contributed by atoms with E-state index in [-0.39, 0.29) is 23.3 Å². The first kappa shape index (κ1) is 32.5. The Hall–Kier alpha value is -4.05. The SMILES string of the molecule is CCC(C(=O)NCC(C)C)N(Cc1cccc(OC)c1)C(=O)CN(c1ccc(OC)cc1)S(=O)(=O)c1ccc(C)cc1. The van der Waals surface area contributed by atoms with Crippen LogP contribution in [0.2, 0.25) is 0 Å². The molecule has 1 atom stereocenters. The molecule has 3 aromatic rings. The molecule has 3 aromatic carbocycles. The lowest BCUT2D eigenvalue weighted by Crippen LogP contribution is -2.52. The third-order valence-corrected chi connectivity index (χ3v) is 8.59. The lowest BCUT2D eigenvalue weighted by Gasteiger charge is -2.33. The summed E-state index contributed by atoms with van der Waals surface area (Å²) in [5.41, 5.74) is 1.95. The predicted octanol–water partition coefficient (Wildman–Crippen LogP) is 4.79. The summed E-state index contributed by atoms with van der Waals surface area (Å²) >= 11 is 0. The van der Waals surface area contributed by atoms with Crippen molar-refractivity contribution < 1.29 is 27.5 Å². The Morgan fingerprint density at radius 2 is 1.55 bits per heavy atom. The number of methoxy groups -OCH3 is 2. The lowest BCUT2D eigenvalue weighted by molar-refractivity contribution is -0.140. The average Bonchev–Trinajstić information content (AvgIpc) is 2.98. The van der Waals surface area contributed by atoms with Gasteiger partial charge in [0.25, 0.3) is 10.0 Å². The van der Waals surface area contributed by atoms with Gasteiger partial charge in [-0.3, -0.25) is 13.9 Å². The molecular weight excluding hydrogens is 554 g/mol. The monoisotopic (exact) mass is 595 g/mol. The normalized spacial score (nSPS) is 12.0. The molecular formula is C32H41N3O6S. The van der Waals surface area contributed by atoms with E-state index < -0.39 is 28.5 Å². The zero-order valence-electron chi connectivity index (χ0n) is 25.2. The first-order valence-corrected chi connectivity index (χ1v) is 15.4. The minimum absolute atomic E-state index is 0.0535. The number of nitrogens with one attached hydrogen (secondary N) is 1. The van der Waals surface area contributed by atoms with E-state index >= 15 is 0 Å². The Labute approximate surface area is 249 Å². The molecule has 42 heavy (non-hydrogen) atoms. The van der Waals surface area contributed by atoms with Crippen LogP contribution < -0.4 is 19.1 Å². The first-order valence-electron chi connectivity index (χ1n) is 13.9. The van der Waals surface area contributed by atoms with Gasteiger partial charge < -0.3 is 19.7 Å². The van der Waals surface area contributed by atoms with Gasteiger partial charge in [0.2, 0.25) is 11.8 Å². The number of aryl methyl sites for hydroxylation is 1. The molecule has 2 amide bonds. The van der Waals surface area contributed by atoms with Crippen LogP contribution >= 0.6 is 0 Å². The molecule has 10 heteroatoms. The number of sulfonamides is 1. The quantitative estimate of drug-likeness (QED) is 0.288. The fraction of sp³-hybridized carbons (Fsp3) is 0.375. The second-order valence-corrected chi connectivity index (χ2v) is 12.3. The molecule has 0 radical (unpaired) electrons. The van der Waals surface area contributed by atoms with Crippen molar-refractivity contribution in [2.75, 3.05) is 31.6 Å². The maximum absolute atomic E-state index is 14.2. The van der Waals surface area contributed by atoms with Crippen molar-refractivity contribution >= 4 is 27.5 Å². The van der Waals surface area contributed by atoms with E-state index in [2.05, 4.69) is 5.32 Å². The van der Waals surface area contributed by atoms with Crippen LogP contribution in [0, 0.1) is 12.8 Å². The molecule has 0 spiro atoms. The zero-order valence-corrected chi connectivity index (χ0v) is 26.0. The molecule has 9 nitrogen and oxygen atoms in total. The van der Waals surface area contributed by atoms with Gasteiger partial charge in [-0.15, -0.1) is 0 Å². The van der Waals surface area contributed by atoms with Crippen molar-refractivity contribution in [1.29, 1.82) is 0 Å².